The maximum Gasteiger partial charge on any atom is 0.451 e. The summed E-state index contributed by atoms with van der Waals surface area (Å²) >= 11 is 0. The molecular formula is C18H19F6N9. The van der Waals surface area contributed by atoms with Gasteiger partial charge in [0.1, 0.15) is 17.7 Å². The molecule has 1 saturated carbocycles. The Balaban J connectivity index is 1.48. The number of rotatable bonds is 6. The number of hydrogen-bond donors (Lipinski definition) is 2. The van der Waals surface area contributed by atoms with Gasteiger partial charge in [0.05, 0.1) is 29.7 Å². The molecule has 15 heteroatoms. The molecule has 0 bridgehead atoms. The molecule has 0 aliphatic heterocycles. The predicted octanol–water partition coefficient (Wildman–Crippen LogP) is 4.36. The molecule has 0 saturated heterocycles. The molecule has 0 unspecified atom stereocenters. The number of halogens is 6. The van der Waals surface area contributed by atoms with E-state index in [4.69, 9.17) is 0 Å². The van der Waals surface area contributed by atoms with Crippen LogP contribution in [0.3, 0.4) is 0 Å². The SMILES string of the molecule is CCNc1nc(Nc2cnn([C@H]3C[C@@H](n4ncnc4C(F)(F)F)C3)c2C)ncc1C(F)(F)F. The molecule has 3 aromatic heterocycles. The number of aromatic nitrogens is 7. The first-order chi connectivity index (χ1) is 15.5. The quantitative estimate of drug-likeness (QED) is 0.511. The highest BCUT2D eigenvalue weighted by Crippen LogP contribution is 2.44. The van der Waals surface area contributed by atoms with Crippen molar-refractivity contribution < 1.29 is 26.3 Å². The van der Waals surface area contributed by atoms with Gasteiger partial charge in [-0.3, -0.25) is 4.68 Å². The first-order valence-corrected chi connectivity index (χ1v) is 9.95. The zero-order valence-corrected chi connectivity index (χ0v) is 17.4. The van der Waals surface area contributed by atoms with Crippen molar-refractivity contribution in [3.05, 3.63) is 35.8 Å². The van der Waals surface area contributed by atoms with Gasteiger partial charge in [-0.05, 0) is 26.7 Å². The van der Waals surface area contributed by atoms with Gasteiger partial charge in [0.2, 0.25) is 11.8 Å². The molecule has 0 radical (unpaired) electrons. The fourth-order valence-corrected chi connectivity index (χ4v) is 3.67. The highest BCUT2D eigenvalue weighted by molar-refractivity contribution is 5.58. The summed E-state index contributed by atoms with van der Waals surface area (Å²) in [4.78, 5) is 11.0. The fourth-order valence-electron chi connectivity index (χ4n) is 3.67. The molecule has 0 atom stereocenters. The van der Waals surface area contributed by atoms with E-state index in [0.717, 1.165) is 11.0 Å². The Labute approximate surface area is 183 Å². The highest BCUT2D eigenvalue weighted by atomic mass is 19.4. The molecule has 0 aromatic carbocycles. The molecule has 3 aromatic rings. The lowest BCUT2D eigenvalue weighted by Crippen LogP contribution is -2.33. The zero-order valence-electron chi connectivity index (χ0n) is 17.4. The van der Waals surface area contributed by atoms with Crippen LogP contribution in [0.15, 0.2) is 18.7 Å². The molecule has 0 spiro atoms. The molecule has 2 N–H and O–H groups in total. The Kier molecular flexibility index (Phi) is 5.66. The van der Waals surface area contributed by atoms with Gasteiger partial charge >= 0.3 is 12.4 Å². The van der Waals surface area contributed by atoms with Gasteiger partial charge in [-0.2, -0.15) is 41.5 Å². The summed E-state index contributed by atoms with van der Waals surface area (Å²) in [6.45, 7) is 3.61. The Morgan fingerprint density at radius 2 is 1.67 bits per heavy atom. The van der Waals surface area contributed by atoms with Crippen molar-refractivity contribution in [2.24, 2.45) is 0 Å². The lowest BCUT2D eigenvalue weighted by atomic mass is 9.86. The lowest BCUT2D eigenvalue weighted by molar-refractivity contribution is -0.149. The molecule has 33 heavy (non-hydrogen) atoms. The average Bonchev–Trinajstić information content (AvgIpc) is 3.29. The van der Waals surface area contributed by atoms with Crippen LogP contribution >= 0.6 is 0 Å². The summed E-state index contributed by atoms with van der Waals surface area (Å²) < 4.78 is 81.0. The normalized spacial score (nSPS) is 18.8. The number of anilines is 3. The topological polar surface area (TPSA) is 98.4 Å². The predicted molar refractivity (Wildman–Crippen MR) is 104 cm³/mol. The maximum absolute atomic E-state index is 13.1. The van der Waals surface area contributed by atoms with Crippen LogP contribution in [-0.4, -0.2) is 41.1 Å². The molecule has 9 nitrogen and oxygen atoms in total. The third-order valence-corrected chi connectivity index (χ3v) is 5.34. The Hall–Kier alpha value is -3.39. The van der Waals surface area contributed by atoms with Gasteiger partial charge in [0.15, 0.2) is 0 Å². The molecule has 3 heterocycles. The minimum absolute atomic E-state index is 0.0504. The second-order valence-electron chi connectivity index (χ2n) is 7.50. The van der Waals surface area contributed by atoms with Crippen molar-refractivity contribution in [2.45, 2.75) is 51.1 Å². The van der Waals surface area contributed by atoms with E-state index >= 15 is 0 Å². The summed E-state index contributed by atoms with van der Waals surface area (Å²) in [6.07, 6.45) is -5.41. The summed E-state index contributed by atoms with van der Waals surface area (Å²) in [5, 5.41) is 13.4. The largest absolute Gasteiger partial charge is 0.451 e. The van der Waals surface area contributed by atoms with E-state index in [2.05, 4.69) is 35.8 Å². The third-order valence-electron chi connectivity index (χ3n) is 5.34. The monoisotopic (exact) mass is 475 g/mol. The van der Waals surface area contributed by atoms with Crippen molar-refractivity contribution in [3.8, 4) is 0 Å². The van der Waals surface area contributed by atoms with E-state index in [1.165, 1.54) is 6.20 Å². The van der Waals surface area contributed by atoms with Crippen molar-refractivity contribution >= 4 is 17.5 Å². The van der Waals surface area contributed by atoms with Crippen LogP contribution < -0.4 is 10.6 Å². The van der Waals surface area contributed by atoms with Crippen LogP contribution in [0, 0.1) is 6.92 Å². The van der Waals surface area contributed by atoms with E-state index in [1.54, 1.807) is 18.5 Å². The molecular weight excluding hydrogens is 456 g/mol. The van der Waals surface area contributed by atoms with Crippen molar-refractivity contribution in [2.75, 3.05) is 17.2 Å². The number of nitrogens with zero attached hydrogens (tertiary/aromatic N) is 7. The van der Waals surface area contributed by atoms with E-state index in [1.807, 2.05) is 0 Å². The van der Waals surface area contributed by atoms with E-state index in [0.29, 0.717) is 30.4 Å². The number of alkyl halides is 6. The molecule has 4 rings (SSSR count). The lowest BCUT2D eigenvalue weighted by Gasteiger charge is -2.36. The van der Waals surface area contributed by atoms with Crippen LogP contribution in [0.1, 0.15) is 48.9 Å². The van der Waals surface area contributed by atoms with Crippen LogP contribution in [0.25, 0.3) is 0 Å². The first kappa shape index (κ1) is 22.8. The van der Waals surface area contributed by atoms with Crippen molar-refractivity contribution in [1.29, 1.82) is 0 Å². The van der Waals surface area contributed by atoms with Gasteiger partial charge in [0.25, 0.3) is 0 Å². The van der Waals surface area contributed by atoms with E-state index in [9.17, 15) is 26.3 Å². The Morgan fingerprint density at radius 3 is 2.30 bits per heavy atom. The molecule has 1 fully saturated rings. The van der Waals surface area contributed by atoms with Gasteiger partial charge in [-0.25, -0.2) is 14.6 Å². The molecule has 178 valence electrons. The molecule has 0 amide bonds. The summed E-state index contributed by atoms with van der Waals surface area (Å²) in [6, 6.07) is -0.628. The minimum Gasteiger partial charge on any atom is -0.370 e. The second-order valence-corrected chi connectivity index (χ2v) is 7.50. The van der Waals surface area contributed by atoms with Gasteiger partial charge in [-0.1, -0.05) is 0 Å². The van der Waals surface area contributed by atoms with Crippen LogP contribution in [-0.2, 0) is 12.4 Å². The number of hydrogen-bond acceptors (Lipinski definition) is 7. The average molecular weight is 475 g/mol. The first-order valence-electron chi connectivity index (χ1n) is 9.95. The summed E-state index contributed by atoms with van der Waals surface area (Å²) in [5.41, 5.74) is 0.133. The van der Waals surface area contributed by atoms with E-state index in [-0.39, 0.29) is 24.4 Å². The highest BCUT2D eigenvalue weighted by Gasteiger charge is 2.42. The minimum atomic E-state index is -4.60. The van der Waals surface area contributed by atoms with Gasteiger partial charge in [0, 0.05) is 12.7 Å². The van der Waals surface area contributed by atoms with Crippen molar-refractivity contribution in [1.82, 2.24) is 34.5 Å². The standard InChI is InChI=1S/C18H19F6N9/c1-3-25-14-12(17(19,20)21)6-26-16(31-14)30-13-7-28-32(9(13)2)10-4-11(5-10)33-15(18(22,23)24)27-8-29-33/h6-8,10-11H,3-5H2,1-2H3,(H2,25,26,30,31)/t10-,11+. The fraction of sp³-hybridized carbons (Fsp3) is 0.500. The molecule has 1 aliphatic carbocycles. The van der Waals surface area contributed by atoms with E-state index < -0.39 is 29.8 Å². The van der Waals surface area contributed by atoms with Crippen LogP contribution in [0.2, 0.25) is 0 Å². The second kappa shape index (κ2) is 8.19. The van der Waals surface area contributed by atoms with Crippen LogP contribution in [0.5, 0.6) is 0 Å². The van der Waals surface area contributed by atoms with Gasteiger partial charge in [-0.15, -0.1) is 0 Å². The van der Waals surface area contributed by atoms with Crippen molar-refractivity contribution in [3.63, 3.8) is 0 Å². The Morgan fingerprint density at radius 1 is 0.970 bits per heavy atom. The van der Waals surface area contributed by atoms with Gasteiger partial charge < -0.3 is 10.6 Å². The smallest absolute Gasteiger partial charge is 0.370 e. The Bertz CT molecular complexity index is 1130. The molecule has 1 aliphatic rings. The third kappa shape index (κ3) is 4.43. The summed E-state index contributed by atoms with van der Waals surface area (Å²) in [7, 11) is 0. The maximum atomic E-state index is 13.1. The summed E-state index contributed by atoms with van der Waals surface area (Å²) in [5.74, 6) is -1.44. The zero-order chi connectivity index (χ0) is 24.0. The number of nitrogens with one attached hydrogen (secondary N) is 2. The van der Waals surface area contributed by atoms with Crippen LogP contribution in [0.4, 0.5) is 43.8 Å².